The van der Waals surface area contributed by atoms with Crippen molar-refractivity contribution in [3.63, 3.8) is 0 Å². The number of nitrogens with two attached hydrogens (primary N) is 1. The van der Waals surface area contributed by atoms with Crippen molar-refractivity contribution in [2.24, 2.45) is 0 Å². The van der Waals surface area contributed by atoms with Gasteiger partial charge >= 0.3 is 0 Å². The predicted molar refractivity (Wildman–Crippen MR) is 129 cm³/mol. The summed E-state index contributed by atoms with van der Waals surface area (Å²) in [6.45, 7) is 5.87. The van der Waals surface area contributed by atoms with E-state index in [1.807, 2.05) is 36.4 Å². The van der Waals surface area contributed by atoms with Gasteiger partial charge in [-0.15, -0.1) is 0 Å². The average Bonchev–Trinajstić information content (AvgIpc) is 2.85. The summed E-state index contributed by atoms with van der Waals surface area (Å²) in [4.78, 5) is 4.73. The minimum Gasteiger partial charge on any atom is -0.491 e. The fourth-order valence-electron chi connectivity index (χ4n) is 3.53. The van der Waals surface area contributed by atoms with Crippen molar-refractivity contribution in [2.75, 3.05) is 85.0 Å². The third-order valence-electron chi connectivity index (χ3n) is 5.24. The number of nitrogen functional groups attached to an aromatic ring is 1. The molecule has 9 heteroatoms. The van der Waals surface area contributed by atoms with Crippen LogP contribution in [0.2, 0.25) is 0 Å². The van der Waals surface area contributed by atoms with E-state index in [1.165, 1.54) is 0 Å². The zero-order valence-corrected chi connectivity index (χ0v) is 19.3. The van der Waals surface area contributed by atoms with Crippen molar-refractivity contribution >= 4 is 27.5 Å². The summed E-state index contributed by atoms with van der Waals surface area (Å²) in [5.41, 5.74) is 8.78. The van der Waals surface area contributed by atoms with Crippen LogP contribution >= 0.6 is 0 Å². The van der Waals surface area contributed by atoms with E-state index >= 15 is 0 Å². The zero-order chi connectivity index (χ0) is 23.4. The maximum absolute atomic E-state index is 6.52. The van der Waals surface area contributed by atoms with E-state index < -0.39 is 0 Å². The topological polar surface area (TPSA) is 104 Å². The first-order chi connectivity index (χ1) is 16.8. The molecule has 184 valence electrons. The summed E-state index contributed by atoms with van der Waals surface area (Å²) in [6.07, 6.45) is 0. The van der Waals surface area contributed by atoms with E-state index in [4.69, 9.17) is 43.9 Å². The highest BCUT2D eigenvalue weighted by atomic mass is 16.6. The van der Waals surface area contributed by atoms with Crippen LogP contribution in [0.3, 0.4) is 0 Å². The maximum Gasteiger partial charge on any atom is 0.120 e. The molecule has 4 bridgehead atoms. The van der Waals surface area contributed by atoms with Gasteiger partial charge in [0.05, 0.1) is 82.8 Å². The molecule has 2 N–H and O–H groups in total. The summed E-state index contributed by atoms with van der Waals surface area (Å²) in [6, 6.07) is 11.4. The number of pyridine rings is 1. The van der Waals surface area contributed by atoms with Gasteiger partial charge in [0.2, 0.25) is 0 Å². The van der Waals surface area contributed by atoms with Crippen LogP contribution < -0.4 is 15.2 Å². The number of hydrogen-bond donors (Lipinski definition) is 1. The number of anilines is 1. The van der Waals surface area contributed by atoms with Crippen molar-refractivity contribution in [1.82, 2.24) is 4.98 Å². The van der Waals surface area contributed by atoms with E-state index in [9.17, 15) is 0 Å². The Balaban J connectivity index is 1.42. The Hall–Kier alpha value is -2.69. The first-order valence-electron chi connectivity index (χ1n) is 11.6. The van der Waals surface area contributed by atoms with Gasteiger partial charge in [0.1, 0.15) is 24.7 Å². The molecule has 0 unspecified atom stereocenters. The molecule has 1 aliphatic rings. The molecular weight excluding hydrogens is 440 g/mol. The number of nitrogens with zero attached hydrogens (tertiary/aromatic N) is 1. The molecule has 0 saturated carbocycles. The van der Waals surface area contributed by atoms with Crippen molar-refractivity contribution in [3.05, 3.63) is 36.4 Å². The quantitative estimate of drug-likeness (QED) is 0.495. The molecule has 34 heavy (non-hydrogen) atoms. The Morgan fingerprint density at radius 2 is 0.853 bits per heavy atom. The van der Waals surface area contributed by atoms with Crippen LogP contribution in [0.5, 0.6) is 11.5 Å². The fraction of sp³-hybridized carbons (Fsp3) is 0.480. The predicted octanol–water partition coefficient (Wildman–Crippen LogP) is 2.82. The normalized spacial score (nSPS) is 18.4. The van der Waals surface area contributed by atoms with Crippen LogP contribution in [0.25, 0.3) is 21.8 Å². The Morgan fingerprint density at radius 3 is 1.24 bits per heavy atom. The van der Waals surface area contributed by atoms with Crippen molar-refractivity contribution in [3.8, 4) is 11.5 Å². The molecule has 9 nitrogen and oxygen atoms in total. The molecule has 0 atom stereocenters. The van der Waals surface area contributed by atoms with Crippen LogP contribution in [0, 0.1) is 0 Å². The van der Waals surface area contributed by atoms with Gasteiger partial charge in [-0.2, -0.15) is 0 Å². The van der Waals surface area contributed by atoms with Crippen molar-refractivity contribution < 1.29 is 33.2 Å². The molecule has 3 aromatic rings. The lowest BCUT2D eigenvalue weighted by Crippen LogP contribution is -2.15. The highest BCUT2D eigenvalue weighted by molar-refractivity contribution is 6.07. The number of fused-ring (bicyclic) bond motifs is 2. The number of aromatic nitrogens is 1. The highest BCUT2D eigenvalue weighted by Gasteiger charge is 2.09. The number of rotatable bonds is 0. The summed E-state index contributed by atoms with van der Waals surface area (Å²) in [5.74, 6) is 1.43. The summed E-state index contributed by atoms with van der Waals surface area (Å²) < 4.78 is 39.2. The third kappa shape index (κ3) is 7.15. The lowest BCUT2D eigenvalue weighted by Gasteiger charge is -2.12. The molecule has 2 heterocycles. The molecule has 0 saturated heterocycles. The molecule has 4 rings (SSSR count). The highest BCUT2D eigenvalue weighted by Crippen LogP contribution is 2.32. The molecule has 1 aromatic heterocycles. The first-order valence-corrected chi connectivity index (χ1v) is 11.6. The van der Waals surface area contributed by atoms with Crippen LogP contribution in [0.15, 0.2) is 36.4 Å². The van der Waals surface area contributed by atoms with Gasteiger partial charge < -0.3 is 38.9 Å². The van der Waals surface area contributed by atoms with E-state index in [1.54, 1.807) is 0 Å². The number of benzene rings is 2. The first kappa shape index (κ1) is 24.4. The van der Waals surface area contributed by atoms with Gasteiger partial charge in [-0.05, 0) is 36.4 Å². The third-order valence-corrected chi connectivity index (χ3v) is 5.24. The van der Waals surface area contributed by atoms with Crippen molar-refractivity contribution in [1.29, 1.82) is 0 Å². The second-order valence-electron chi connectivity index (χ2n) is 7.64. The van der Waals surface area contributed by atoms with Crippen molar-refractivity contribution in [2.45, 2.75) is 0 Å². The monoisotopic (exact) mass is 472 g/mol. The minimum absolute atomic E-state index is 0.426. The second kappa shape index (κ2) is 13.3. The minimum atomic E-state index is 0.426. The van der Waals surface area contributed by atoms with Crippen LogP contribution in [0.1, 0.15) is 0 Å². The summed E-state index contributed by atoms with van der Waals surface area (Å²) in [5, 5.41) is 1.67. The summed E-state index contributed by atoms with van der Waals surface area (Å²) in [7, 11) is 0. The largest absolute Gasteiger partial charge is 0.491 e. The molecule has 0 aliphatic carbocycles. The van der Waals surface area contributed by atoms with Gasteiger partial charge in [0.25, 0.3) is 0 Å². The van der Waals surface area contributed by atoms with E-state index in [-0.39, 0.29) is 0 Å². The molecule has 2 aromatic carbocycles. The molecule has 0 amide bonds. The molecule has 0 spiro atoms. The van der Waals surface area contributed by atoms with Crippen LogP contribution in [-0.2, 0) is 23.7 Å². The van der Waals surface area contributed by atoms with E-state index in [0.717, 1.165) is 21.8 Å². The summed E-state index contributed by atoms with van der Waals surface area (Å²) >= 11 is 0. The Morgan fingerprint density at radius 1 is 0.500 bits per heavy atom. The number of hydrogen-bond acceptors (Lipinski definition) is 9. The lowest BCUT2D eigenvalue weighted by atomic mass is 10.1. The molecule has 0 fully saturated rings. The second-order valence-corrected chi connectivity index (χ2v) is 7.64. The van der Waals surface area contributed by atoms with Gasteiger partial charge in [0.15, 0.2) is 0 Å². The molecular formula is C25H32N2O7. The Kier molecular flexibility index (Phi) is 9.53. The molecule has 0 radical (unpaired) electrons. The van der Waals surface area contributed by atoms with Crippen LogP contribution in [-0.4, -0.2) is 84.3 Å². The standard InChI is InChI=1S/C25H32N2O7/c26-25-21-17-19-1-3-23(21)27-24-4-2-20(18-22(24)25)34-16-14-32-12-10-30-8-6-28-5-7-29-9-11-31-13-15-33-19/h1-4,17-18H,5-16H2,(H2,26,27). The number of ether oxygens (including phenoxy) is 7. The smallest absolute Gasteiger partial charge is 0.120 e. The van der Waals surface area contributed by atoms with Gasteiger partial charge in [-0.1, -0.05) is 0 Å². The maximum atomic E-state index is 6.52. The van der Waals surface area contributed by atoms with Gasteiger partial charge in [-0.25, -0.2) is 4.98 Å². The van der Waals surface area contributed by atoms with Gasteiger partial charge in [-0.3, -0.25) is 0 Å². The SMILES string of the molecule is Nc1c2cc3ccc2nc2ccc(cc12)OCCOCCOCCOCCOCCOCCO3. The Labute approximate surface area is 199 Å². The average molecular weight is 473 g/mol. The van der Waals surface area contributed by atoms with Crippen LogP contribution in [0.4, 0.5) is 5.69 Å². The fourth-order valence-corrected chi connectivity index (χ4v) is 3.53. The molecule has 1 aliphatic heterocycles. The Bertz CT molecular complexity index is 969. The zero-order valence-electron chi connectivity index (χ0n) is 19.3. The van der Waals surface area contributed by atoms with E-state index in [0.29, 0.717) is 96.5 Å². The van der Waals surface area contributed by atoms with E-state index in [2.05, 4.69) is 0 Å². The van der Waals surface area contributed by atoms with Gasteiger partial charge in [0, 0.05) is 10.8 Å². The lowest BCUT2D eigenvalue weighted by molar-refractivity contribution is -0.0141.